The molecule has 0 atom stereocenters. The number of halogens is 2. The fourth-order valence-electron chi connectivity index (χ4n) is 3.04. The summed E-state index contributed by atoms with van der Waals surface area (Å²) in [5.74, 6) is -0.316. The van der Waals surface area contributed by atoms with Crippen LogP contribution in [0.25, 0.3) is 0 Å². The molecule has 0 saturated carbocycles. The number of hydrogen-bond donors (Lipinski definition) is 0. The zero-order valence-electron chi connectivity index (χ0n) is 16.6. The quantitative estimate of drug-likeness (QED) is 0.457. The smallest absolute Gasteiger partial charge is 0.264 e. The van der Waals surface area contributed by atoms with E-state index in [4.69, 9.17) is 11.6 Å². The zero-order valence-corrected chi connectivity index (χ0v) is 19.8. The molecule has 3 rings (SSSR count). The van der Waals surface area contributed by atoms with E-state index in [-0.39, 0.29) is 16.4 Å². The normalized spacial score (nSPS) is 11.2. The van der Waals surface area contributed by atoms with Crippen LogP contribution < -0.4 is 9.21 Å². The van der Waals surface area contributed by atoms with Gasteiger partial charge < -0.3 is 4.90 Å². The van der Waals surface area contributed by atoms with Gasteiger partial charge in [-0.05, 0) is 73.2 Å². The Balaban J connectivity index is 1.93. The Morgan fingerprint density at radius 3 is 2.27 bits per heavy atom. The van der Waals surface area contributed by atoms with E-state index < -0.39 is 10.0 Å². The lowest BCUT2D eigenvalue weighted by Gasteiger charge is -2.22. The first-order chi connectivity index (χ1) is 14.1. The summed E-state index contributed by atoms with van der Waals surface area (Å²) in [4.78, 5) is 14.5. The molecule has 0 bridgehead atoms. The highest BCUT2D eigenvalue weighted by atomic mass is 79.9. The van der Waals surface area contributed by atoms with Gasteiger partial charge in [-0.25, -0.2) is 8.42 Å². The van der Waals surface area contributed by atoms with Crippen LogP contribution in [0.15, 0.2) is 76.1 Å². The molecule has 3 aromatic rings. The fourth-order valence-corrected chi connectivity index (χ4v) is 4.77. The minimum atomic E-state index is -3.84. The highest BCUT2D eigenvalue weighted by Crippen LogP contribution is 2.27. The molecule has 0 aromatic heterocycles. The van der Waals surface area contributed by atoms with E-state index in [0.717, 1.165) is 10.0 Å². The van der Waals surface area contributed by atoms with E-state index in [0.29, 0.717) is 16.4 Å². The van der Waals surface area contributed by atoms with Crippen LogP contribution in [-0.4, -0.2) is 28.4 Å². The van der Waals surface area contributed by atoms with E-state index in [1.54, 1.807) is 61.6 Å². The molecule has 0 aliphatic carbocycles. The number of carbonyl (C=O) groups excluding carboxylic acids is 1. The fraction of sp³-hybridized carbons (Fsp3) is 0.136. The molecule has 0 aliphatic heterocycles. The monoisotopic (exact) mass is 506 g/mol. The number of nitrogens with zero attached hydrogens (tertiary/aromatic N) is 2. The predicted molar refractivity (Wildman–Crippen MR) is 125 cm³/mol. The average Bonchev–Trinajstić information content (AvgIpc) is 2.73. The molecule has 3 aromatic carbocycles. The van der Waals surface area contributed by atoms with Crippen LogP contribution in [0.4, 0.5) is 11.4 Å². The van der Waals surface area contributed by atoms with Crippen LogP contribution in [0.3, 0.4) is 0 Å². The van der Waals surface area contributed by atoms with Crippen molar-refractivity contribution in [1.29, 1.82) is 0 Å². The Morgan fingerprint density at radius 2 is 1.63 bits per heavy atom. The summed E-state index contributed by atoms with van der Waals surface area (Å²) < 4.78 is 28.2. The van der Waals surface area contributed by atoms with Crippen LogP contribution in [0, 0.1) is 6.92 Å². The second-order valence-electron chi connectivity index (χ2n) is 6.77. The summed E-state index contributed by atoms with van der Waals surface area (Å²) in [6.07, 6.45) is 0. The number of amides is 1. The van der Waals surface area contributed by atoms with Crippen molar-refractivity contribution in [3.8, 4) is 0 Å². The minimum Gasteiger partial charge on any atom is -0.311 e. The van der Waals surface area contributed by atoms with Crippen molar-refractivity contribution in [2.24, 2.45) is 0 Å². The number of sulfonamides is 1. The molecular weight excluding hydrogens is 488 g/mol. The third kappa shape index (κ3) is 4.53. The van der Waals surface area contributed by atoms with Gasteiger partial charge in [-0.1, -0.05) is 33.6 Å². The van der Waals surface area contributed by atoms with Gasteiger partial charge in [-0.2, -0.15) is 0 Å². The maximum absolute atomic E-state index is 13.1. The van der Waals surface area contributed by atoms with Crippen LogP contribution >= 0.6 is 27.5 Å². The molecular formula is C22H20BrClN2O3S. The van der Waals surface area contributed by atoms with Gasteiger partial charge in [0.25, 0.3) is 15.9 Å². The lowest BCUT2D eigenvalue weighted by Crippen LogP contribution is -2.29. The highest BCUT2D eigenvalue weighted by molar-refractivity contribution is 9.10. The number of anilines is 2. The van der Waals surface area contributed by atoms with Crippen molar-refractivity contribution >= 4 is 54.8 Å². The molecule has 0 radical (unpaired) electrons. The number of carbonyl (C=O) groups is 1. The van der Waals surface area contributed by atoms with Crippen LogP contribution in [-0.2, 0) is 10.0 Å². The average molecular weight is 508 g/mol. The summed E-state index contributed by atoms with van der Waals surface area (Å²) in [5.41, 5.74) is 2.34. The summed E-state index contributed by atoms with van der Waals surface area (Å²) in [6.45, 7) is 1.86. The third-order valence-corrected chi connectivity index (χ3v) is 7.30. The third-order valence-electron chi connectivity index (χ3n) is 4.75. The summed E-state index contributed by atoms with van der Waals surface area (Å²) in [6, 6.07) is 18.2. The van der Waals surface area contributed by atoms with Gasteiger partial charge in [0.15, 0.2) is 0 Å². The van der Waals surface area contributed by atoms with Crippen molar-refractivity contribution in [1.82, 2.24) is 0 Å². The number of hydrogen-bond acceptors (Lipinski definition) is 3. The van der Waals surface area contributed by atoms with E-state index in [1.807, 2.05) is 6.92 Å². The van der Waals surface area contributed by atoms with Crippen molar-refractivity contribution < 1.29 is 13.2 Å². The van der Waals surface area contributed by atoms with Gasteiger partial charge in [0.1, 0.15) is 0 Å². The van der Waals surface area contributed by atoms with E-state index in [1.165, 1.54) is 28.4 Å². The number of rotatable bonds is 5. The van der Waals surface area contributed by atoms with E-state index in [2.05, 4.69) is 15.9 Å². The van der Waals surface area contributed by atoms with Gasteiger partial charge in [0.05, 0.1) is 10.6 Å². The van der Waals surface area contributed by atoms with Gasteiger partial charge in [0, 0.05) is 34.8 Å². The molecule has 0 unspecified atom stereocenters. The maximum Gasteiger partial charge on any atom is 0.264 e. The molecule has 156 valence electrons. The zero-order chi connectivity index (χ0) is 22.1. The van der Waals surface area contributed by atoms with Crippen LogP contribution in [0.1, 0.15) is 15.9 Å². The van der Waals surface area contributed by atoms with E-state index >= 15 is 0 Å². The second kappa shape index (κ2) is 8.79. The Labute approximate surface area is 190 Å². The molecule has 0 fully saturated rings. The Bertz CT molecular complexity index is 1200. The number of aryl methyl sites for hydroxylation is 1. The molecule has 5 nitrogen and oxygen atoms in total. The van der Waals surface area contributed by atoms with Crippen LogP contribution in [0.2, 0.25) is 5.02 Å². The lowest BCUT2D eigenvalue weighted by atomic mass is 10.1. The van der Waals surface area contributed by atoms with Gasteiger partial charge in [-0.3, -0.25) is 9.10 Å². The Kier molecular flexibility index (Phi) is 6.55. The minimum absolute atomic E-state index is 0.0417. The molecule has 0 N–H and O–H groups in total. The van der Waals surface area contributed by atoms with Crippen molar-refractivity contribution in [3.63, 3.8) is 0 Å². The summed E-state index contributed by atoms with van der Waals surface area (Å²) in [5, 5.41) is 0.584. The van der Waals surface area contributed by atoms with Gasteiger partial charge >= 0.3 is 0 Å². The molecule has 0 saturated heterocycles. The highest BCUT2D eigenvalue weighted by Gasteiger charge is 2.23. The Morgan fingerprint density at radius 1 is 0.967 bits per heavy atom. The first kappa shape index (κ1) is 22.3. The molecule has 8 heteroatoms. The van der Waals surface area contributed by atoms with Crippen molar-refractivity contribution in [3.05, 3.63) is 87.4 Å². The number of benzene rings is 3. The predicted octanol–water partition coefficient (Wildman–Crippen LogP) is 5.51. The van der Waals surface area contributed by atoms with E-state index in [9.17, 15) is 13.2 Å². The van der Waals surface area contributed by atoms with Crippen molar-refractivity contribution in [2.75, 3.05) is 23.3 Å². The SMILES string of the molecule is Cc1cc(Cl)ccc1N(C)C(=O)c1cccc(S(=O)(=O)N(C)c2ccc(Br)cc2)c1. The molecule has 0 heterocycles. The summed E-state index contributed by atoms with van der Waals surface area (Å²) in [7, 11) is -0.706. The maximum atomic E-state index is 13.1. The van der Waals surface area contributed by atoms with Gasteiger partial charge in [-0.15, -0.1) is 0 Å². The van der Waals surface area contributed by atoms with Crippen molar-refractivity contribution in [2.45, 2.75) is 11.8 Å². The second-order valence-corrected chi connectivity index (χ2v) is 10.1. The van der Waals surface area contributed by atoms with Gasteiger partial charge in [0.2, 0.25) is 0 Å². The first-order valence-electron chi connectivity index (χ1n) is 9.00. The summed E-state index contributed by atoms with van der Waals surface area (Å²) >= 11 is 9.34. The standard InChI is InChI=1S/C22H20BrClN2O3S/c1-15-13-18(24)9-12-21(15)25(2)22(27)16-5-4-6-20(14-16)30(28,29)26(3)19-10-7-17(23)8-11-19/h4-14H,1-3H3. The molecule has 0 aliphatic rings. The topological polar surface area (TPSA) is 57.7 Å². The Hall–Kier alpha value is -2.35. The largest absolute Gasteiger partial charge is 0.311 e. The molecule has 30 heavy (non-hydrogen) atoms. The molecule has 0 spiro atoms. The first-order valence-corrected chi connectivity index (χ1v) is 11.6. The molecule has 1 amide bonds. The van der Waals surface area contributed by atoms with Crippen LogP contribution in [0.5, 0.6) is 0 Å². The lowest BCUT2D eigenvalue weighted by molar-refractivity contribution is 0.0992.